The minimum absolute atomic E-state index is 0.140. The van der Waals surface area contributed by atoms with Crippen LogP contribution in [0.4, 0.5) is 5.69 Å². The molecule has 7 nitrogen and oxygen atoms in total. The van der Waals surface area contributed by atoms with E-state index in [4.69, 9.17) is 0 Å². The van der Waals surface area contributed by atoms with Crippen LogP contribution in [0.25, 0.3) is 11.0 Å². The Kier molecular flexibility index (Phi) is 5.67. The number of aromatic nitrogens is 4. The molecule has 0 saturated carbocycles. The van der Waals surface area contributed by atoms with E-state index in [9.17, 15) is 9.59 Å². The van der Waals surface area contributed by atoms with E-state index in [0.29, 0.717) is 22.7 Å². The number of hydrogen-bond acceptors (Lipinski definition) is 5. The number of anilines is 1. The molecule has 2 aromatic carbocycles. The smallest absolute Gasteiger partial charge is 0.282 e. The van der Waals surface area contributed by atoms with Crippen molar-refractivity contribution in [2.75, 3.05) is 11.1 Å². The number of benzene rings is 2. The molecule has 0 aliphatic carbocycles. The van der Waals surface area contributed by atoms with Crippen LogP contribution in [-0.2, 0) is 18.4 Å². The van der Waals surface area contributed by atoms with Gasteiger partial charge in [-0.15, -0.1) is 0 Å². The minimum Gasteiger partial charge on any atom is -0.325 e. The third-order valence-corrected chi connectivity index (χ3v) is 5.53. The summed E-state index contributed by atoms with van der Waals surface area (Å²) >= 11 is 1.24. The van der Waals surface area contributed by atoms with E-state index in [1.165, 1.54) is 11.8 Å². The third kappa shape index (κ3) is 4.44. The van der Waals surface area contributed by atoms with Gasteiger partial charge in [-0.1, -0.05) is 59.8 Å². The van der Waals surface area contributed by atoms with Crippen molar-refractivity contribution in [2.45, 2.75) is 18.6 Å². The highest BCUT2D eigenvalue weighted by molar-refractivity contribution is 7.99. The van der Waals surface area contributed by atoms with Crippen LogP contribution in [0.2, 0.25) is 0 Å². The number of carbonyl (C=O) groups excluding carboxylic acids is 1. The SMILES string of the molecule is Cc1ccc(Cn2c(SCC(=O)Nc3ccccc3)nc3cn(C)nc3c2=O)cc1. The summed E-state index contributed by atoms with van der Waals surface area (Å²) in [6, 6.07) is 17.3. The van der Waals surface area contributed by atoms with Gasteiger partial charge in [0, 0.05) is 12.7 Å². The van der Waals surface area contributed by atoms with E-state index in [-0.39, 0.29) is 17.2 Å². The van der Waals surface area contributed by atoms with E-state index in [1.807, 2.05) is 61.5 Å². The van der Waals surface area contributed by atoms with Gasteiger partial charge in [0.25, 0.3) is 5.56 Å². The molecule has 0 radical (unpaired) electrons. The summed E-state index contributed by atoms with van der Waals surface area (Å²) < 4.78 is 3.16. The van der Waals surface area contributed by atoms with Crippen LogP contribution in [-0.4, -0.2) is 31.0 Å². The van der Waals surface area contributed by atoms with Crippen LogP contribution in [0.3, 0.4) is 0 Å². The predicted octanol–water partition coefficient (Wildman–Crippen LogP) is 3.22. The lowest BCUT2D eigenvalue weighted by atomic mass is 10.1. The van der Waals surface area contributed by atoms with Gasteiger partial charge in [0.05, 0.1) is 18.5 Å². The number of rotatable bonds is 6. The molecular weight excluding hydrogens is 398 g/mol. The largest absolute Gasteiger partial charge is 0.325 e. The third-order valence-electron chi connectivity index (χ3n) is 4.56. The molecule has 2 aromatic heterocycles. The number of nitrogens with one attached hydrogen (secondary N) is 1. The Bertz CT molecular complexity index is 1250. The van der Waals surface area contributed by atoms with Crippen molar-refractivity contribution in [1.29, 1.82) is 0 Å². The zero-order chi connectivity index (χ0) is 21.1. The number of carbonyl (C=O) groups is 1. The van der Waals surface area contributed by atoms with Crippen LogP contribution >= 0.6 is 11.8 Å². The molecule has 152 valence electrons. The average Bonchev–Trinajstić information content (AvgIpc) is 3.11. The fourth-order valence-corrected chi connectivity index (χ4v) is 3.86. The Labute approximate surface area is 177 Å². The summed E-state index contributed by atoms with van der Waals surface area (Å²) in [6.07, 6.45) is 1.71. The summed E-state index contributed by atoms with van der Waals surface area (Å²) in [4.78, 5) is 30.1. The molecule has 2 heterocycles. The maximum absolute atomic E-state index is 13.1. The molecule has 0 unspecified atom stereocenters. The summed E-state index contributed by atoms with van der Waals surface area (Å²) in [5, 5.41) is 7.60. The lowest BCUT2D eigenvalue weighted by molar-refractivity contribution is -0.113. The van der Waals surface area contributed by atoms with Crippen LogP contribution in [0, 0.1) is 6.92 Å². The Balaban J connectivity index is 1.62. The predicted molar refractivity (Wildman–Crippen MR) is 119 cm³/mol. The first-order chi connectivity index (χ1) is 14.5. The van der Waals surface area contributed by atoms with Crippen molar-refractivity contribution in [3.63, 3.8) is 0 Å². The Morgan fingerprint density at radius 2 is 1.83 bits per heavy atom. The van der Waals surface area contributed by atoms with Gasteiger partial charge in [-0.2, -0.15) is 5.10 Å². The molecule has 0 spiro atoms. The number of para-hydroxylation sites is 1. The topological polar surface area (TPSA) is 81.8 Å². The quantitative estimate of drug-likeness (QED) is 0.383. The fraction of sp³-hybridized carbons (Fsp3) is 0.182. The highest BCUT2D eigenvalue weighted by Gasteiger charge is 2.16. The minimum atomic E-state index is -0.216. The molecule has 0 aliphatic rings. The average molecular weight is 420 g/mol. The number of hydrogen-bond donors (Lipinski definition) is 1. The van der Waals surface area contributed by atoms with Gasteiger partial charge >= 0.3 is 0 Å². The maximum atomic E-state index is 13.1. The van der Waals surface area contributed by atoms with Gasteiger partial charge in [0.1, 0.15) is 5.52 Å². The van der Waals surface area contributed by atoms with Crippen LogP contribution in [0.1, 0.15) is 11.1 Å². The molecule has 0 atom stereocenters. The molecule has 4 rings (SSSR count). The van der Waals surface area contributed by atoms with Crippen molar-refractivity contribution in [3.8, 4) is 0 Å². The summed E-state index contributed by atoms with van der Waals surface area (Å²) in [5.41, 5.74) is 3.49. The summed E-state index contributed by atoms with van der Waals surface area (Å²) in [5.74, 6) is -0.0188. The van der Waals surface area contributed by atoms with Gasteiger partial charge in [-0.25, -0.2) is 4.98 Å². The standard InChI is InChI=1S/C22H21N5O2S/c1-15-8-10-16(11-9-15)12-27-21(29)20-18(13-26(2)25-20)24-22(27)30-14-19(28)23-17-6-4-3-5-7-17/h3-11,13H,12,14H2,1-2H3,(H,23,28). The Morgan fingerprint density at radius 3 is 2.57 bits per heavy atom. The van der Waals surface area contributed by atoms with Gasteiger partial charge in [0.2, 0.25) is 5.91 Å². The molecule has 0 bridgehead atoms. The van der Waals surface area contributed by atoms with E-state index >= 15 is 0 Å². The van der Waals surface area contributed by atoms with E-state index in [0.717, 1.165) is 16.8 Å². The van der Waals surface area contributed by atoms with Crippen molar-refractivity contribution in [1.82, 2.24) is 19.3 Å². The molecule has 0 aliphatic heterocycles. The second-order valence-electron chi connectivity index (χ2n) is 7.01. The molecule has 30 heavy (non-hydrogen) atoms. The number of fused-ring (bicyclic) bond motifs is 1. The highest BCUT2D eigenvalue weighted by Crippen LogP contribution is 2.19. The van der Waals surface area contributed by atoms with Crippen molar-refractivity contribution < 1.29 is 4.79 Å². The van der Waals surface area contributed by atoms with Crippen molar-refractivity contribution in [2.24, 2.45) is 7.05 Å². The van der Waals surface area contributed by atoms with Gasteiger partial charge < -0.3 is 5.32 Å². The Morgan fingerprint density at radius 1 is 1.10 bits per heavy atom. The van der Waals surface area contributed by atoms with Crippen molar-refractivity contribution in [3.05, 3.63) is 82.3 Å². The number of nitrogens with zero attached hydrogens (tertiary/aromatic N) is 4. The molecule has 0 saturated heterocycles. The maximum Gasteiger partial charge on any atom is 0.282 e. The Hall–Kier alpha value is -3.39. The van der Waals surface area contributed by atoms with Crippen LogP contribution in [0.15, 0.2) is 70.7 Å². The highest BCUT2D eigenvalue weighted by atomic mass is 32.2. The van der Waals surface area contributed by atoms with Crippen molar-refractivity contribution >= 4 is 34.4 Å². The van der Waals surface area contributed by atoms with E-state index in [1.54, 1.807) is 22.5 Å². The molecule has 1 N–H and O–H groups in total. The first kappa shape index (κ1) is 19.9. The van der Waals surface area contributed by atoms with Gasteiger partial charge in [0.15, 0.2) is 10.7 Å². The molecule has 1 amide bonds. The first-order valence-corrected chi connectivity index (χ1v) is 10.5. The van der Waals surface area contributed by atoms with Gasteiger partial charge in [-0.05, 0) is 24.6 Å². The second kappa shape index (κ2) is 8.54. The first-order valence-electron chi connectivity index (χ1n) is 9.47. The van der Waals surface area contributed by atoms with Crippen LogP contribution < -0.4 is 10.9 Å². The molecule has 8 heteroatoms. The molecule has 4 aromatic rings. The number of thioether (sulfide) groups is 1. The zero-order valence-corrected chi connectivity index (χ0v) is 17.5. The number of amides is 1. The second-order valence-corrected chi connectivity index (χ2v) is 7.95. The molecular formula is C22H21N5O2S. The van der Waals surface area contributed by atoms with Crippen LogP contribution in [0.5, 0.6) is 0 Å². The lowest BCUT2D eigenvalue weighted by Gasteiger charge is -2.12. The zero-order valence-electron chi connectivity index (χ0n) is 16.7. The lowest BCUT2D eigenvalue weighted by Crippen LogP contribution is -2.25. The molecule has 0 fully saturated rings. The normalized spacial score (nSPS) is 11.0. The summed E-state index contributed by atoms with van der Waals surface area (Å²) in [6.45, 7) is 2.38. The fourth-order valence-electron chi connectivity index (χ4n) is 3.06. The van der Waals surface area contributed by atoms with Gasteiger partial charge in [-0.3, -0.25) is 18.8 Å². The van der Waals surface area contributed by atoms with E-state index in [2.05, 4.69) is 15.4 Å². The monoisotopic (exact) mass is 419 g/mol. The van der Waals surface area contributed by atoms with E-state index < -0.39 is 0 Å². The summed E-state index contributed by atoms with van der Waals surface area (Å²) in [7, 11) is 1.76. The number of aryl methyl sites for hydroxylation is 2.